The predicted octanol–water partition coefficient (Wildman–Crippen LogP) is 4.65. The van der Waals surface area contributed by atoms with Crippen LogP contribution in [0, 0.1) is 6.92 Å². The van der Waals surface area contributed by atoms with Crippen molar-refractivity contribution in [1.82, 2.24) is 4.98 Å². The van der Waals surface area contributed by atoms with Crippen molar-refractivity contribution < 1.29 is 23.1 Å². The molecule has 0 aliphatic heterocycles. The quantitative estimate of drug-likeness (QED) is 0.595. The molecular weight excluding hydrogens is 346 g/mol. The molecule has 0 amide bonds. The zero-order valence-electron chi connectivity index (χ0n) is 13.7. The number of aromatic nitrogens is 1. The molecule has 25 heavy (non-hydrogen) atoms. The molecule has 1 aromatic carbocycles. The Morgan fingerprint density at radius 3 is 2.84 bits per heavy atom. The fourth-order valence-electron chi connectivity index (χ4n) is 2.17. The first-order valence-electron chi connectivity index (χ1n) is 7.68. The van der Waals surface area contributed by atoms with E-state index in [-0.39, 0.29) is 6.61 Å². The van der Waals surface area contributed by atoms with Gasteiger partial charge in [0.25, 0.3) is 5.89 Å². The highest BCUT2D eigenvalue weighted by Gasteiger charge is 2.15. The second-order valence-electron chi connectivity index (χ2n) is 5.15. The lowest BCUT2D eigenvalue weighted by Gasteiger charge is -2.08. The van der Waals surface area contributed by atoms with Crippen LogP contribution in [0.15, 0.2) is 45.4 Å². The molecule has 3 aromatic rings. The van der Waals surface area contributed by atoms with Crippen LogP contribution >= 0.6 is 11.6 Å². The molecule has 7 heteroatoms. The maximum atomic E-state index is 11.7. The van der Waals surface area contributed by atoms with Crippen LogP contribution in [0.3, 0.4) is 0 Å². The summed E-state index contributed by atoms with van der Waals surface area (Å²) in [6.07, 6.45) is 1.55. The highest BCUT2D eigenvalue weighted by molar-refractivity contribution is 6.32. The van der Waals surface area contributed by atoms with E-state index in [2.05, 4.69) is 4.98 Å². The summed E-state index contributed by atoms with van der Waals surface area (Å²) in [6.45, 7) is 4.02. The molecule has 0 bridgehead atoms. The zero-order chi connectivity index (χ0) is 17.8. The first-order valence-corrected chi connectivity index (χ1v) is 8.06. The molecule has 0 aliphatic carbocycles. The molecule has 0 N–H and O–H groups in total. The standard InChI is InChI=1S/C18H16ClNO5/c1-3-22-18(21)12-6-7-15(13(19)9-12)24-10-14-11(2)25-17(20-14)16-5-4-8-23-16/h4-9H,3,10H2,1-2H3. The van der Waals surface area contributed by atoms with Gasteiger partial charge in [0.2, 0.25) is 0 Å². The molecule has 0 unspecified atom stereocenters. The molecule has 2 aromatic heterocycles. The van der Waals surface area contributed by atoms with Crippen molar-refractivity contribution in [2.45, 2.75) is 20.5 Å². The Bertz CT molecular complexity index is 870. The van der Waals surface area contributed by atoms with Gasteiger partial charge in [-0.25, -0.2) is 9.78 Å². The van der Waals surface area contributed by atoms with Gasteiger partial charge in [-0.2, -0.15) is 0 Å². The van der Waals surface area contributed by atoms with E-state index in [1.165, 1.54) is 6.07 Å². The molecule has 6 nitrogen and oxygen atoms in total. The number of carbonyl (C=O) groups excluding carboxylic acids is 1. The number of furan rings is 1. The number of nitrogens with zero attached hydrogens (tertiary/aromatic N) is 1. The largest absolute Gasteiger partial charge is 0.486 e. The Kier molecular flexibility index (Phi) is 5.09. The number of aryl methyl sites for hydroxylation is 1. The summed E-state index contributed by atoms with van der Waals surface area (Å²) in [6, 6.07) is 8.26. The molecule has 0 aliphatic rings. The van der Waals surface area contributed by atoms with Crippen LogP contribution in [0.25, 0.3) is 11.7 Å². The van der Waals surface area contributed by atoms with Gasteiger partial charge in [-0.1, -0.05) is 11.6 Å². The number of hydrogen-bond acceptors (Lipinski definition) is 6. The Morgan fingerprint density at radius 1 is 1.32 bits per heavy atom. The third-order valence-electron chi connectivity index (χ3n) is 3.43. The van der Waals surface area contributed by atoms with Crippen LogP contribution in [0.4, 0.5) is 0 Å². The van der Waals surface area contributed by atoms with Gasteiger partial charge in [0.1, 0.15) is 23.8 Å². The first-order chi connectivity index (χ1) is 12.1. The first kappa shape index (κ1) is 17.1. The van der Waals surface area contributed by atoms with Crippen molar-refractivity contribution in [3.05, 3.63) is 58.6 Å². The Hall–Kier alpha value is -2.73. The molecule has 0 radical (unpaired) electrons. The Labute approximate surface area is 149 Å². The van der Waals surface area contributed by atoms with E-state index >= 15 is 0 Å². The van der Waals surface area contributed by atoms with Gasteiger partial charge in [-0.05, 0) is 44.2 Å². The average Bonchev–Trinajstić information content (AvgIpc) is 3.23. The second kappa shape index (κ2) is 7.44. The fourth-order valence-corrected chi connectivity index (χ4v) is 2.41. The van der Waals surface area contributed by atoms with Crippen LogP contribution in [-0.2, 0) is 11.3 Å². The summed E-state index contributed by atoms with van der Waals surface area (Å²) in [7, 11) is 0. The van der Waals surface area contributed by atoms with E-state index in [0.29, 0.717) is 46.0 Å². The lowest BCUT2D eigenvalue weighted by atomic mass is 10.2. The number of halogens is 1. The minimum Gasteiger partial charge on any atom is -0.486 e. The summed E-state index contributed by atoms with van der Waals surface area (Å²) in [5.74, 6) is 1.59. The highest BCUT2D eigenvalue weighted by atomic mass is 35.5. The number of carbonyl (C=O) groups is 1. The second-order valence-corrected chi connectivity index (χ2v) is 5.56. The summed E-state index contributed by atoms with van der Waals surface area (Å²) in [5.41, 5.74) is 1.01. The van der Waals surface area contributed by atoms with Crippen LogP contribution in [0.2, 0.25) is 5.02 Å². The molecule has 0 saturated carbocycles. The molecule has 3 rings (SSSR count). The molecular formula is C18H16ClNO5. The fraction of sp³-hybridized carbons (Fsp3) is 0.222. The van der Waals surface area contributed by atoms with Gasteiger partial charge in [0.15, 0.2) is 5.76 Å². The molecule has 0 saturated heterocycles. The summed E-state index contributed by atoms with van der Waals surface area (Å²) in [5, 5.41) is 0.318. The van der Waals surface area contributed by atoms with Crippen LogP contribution in [0.5, 0.6) is 5.75 Å². The van der Waals surface area contributed by atoms with Crippen molar-refractivity contribution >= 4 is 17.6 Å². The predicted molar refractivity (Wildman–Crippen MR) is 90.7 cm³/mol. The SMILES string of the molecule is CCOC(=O)c1ccc(OCc2nc(-c3ccco3)oc2C)c(Cl)c1. The van der Waals surface area contributed by atoms with Crippen LogP contribution < -0.4 is 4.74 Å². The van der Waals surface area contributed by atoms with E-state index in [0.717, 1.165) is 0 Å². The van der Waals surface area contributed by atoms with E-state index in [1.807, 2.05) is 0 Å². The van der Waals surface area contributed by atoms with Crippen molar-refractivity contribution in [1.29, 1.82) is 0 Å². The smallest absolute Gasteiger partial charge is 0.338 e. The molecule has 130 valence electrons. The Morgan fingerprint density at radius 2 is 2.16 bits per heavy atom. The van der Waals surface area contributed by atoms with Crippen molar-refractivity contribution in [3.63, 3.8) is 0 Å². The molecule has 0 atom stereocenters. The Balaban J connectivity index is 1.71. The summed E-state index contributed by atoms with van der Waals surface area (Å²) in [4.78, 5) is 16.1. The minimum atomic E-state index is -0.425. The van der Waals surface area contributed by atoms with Crippen molar-refractivity contribution in [2.75, 3.05) is 6.61 Å². The number of hydrogen-bond donors (Lipinski definition) is 0. The summed E-state index contributed by atoms with van der Waals surface area (Å²) >= 11 is 6.17. The number of oxazole rings is 1. The van der Waals surface area contributed by atoms with Crippen LogP contribution in [0.1, 0.15) is 28.7 Å². The molecule has 2 heterocycles. The van der Waals surface area contributed by atoms with Crippen molar-refractivity contribution in [2.24, 2.45) is 0 Å². The van der Waals surface area contributed by atoms with E-state index < -0.39 is 5.97 Å². The van der Waals surface area contributed by atoms with Gasteiger partial charge in [-0.3, -0.25) is 0 Å². The van der Waals surface area contributed by atoms with Gasteiger partial charge in [-0.15, -0.1) is 0 Å². The number of ether oxygens (including phenoxy) is 2. The number of esters is 1. The maximum absolute atomic E-state index is 11.7. The van der Waals surface area contributed by atoms with E-state index in [9.17, 15) is 4.79 Å². The van der Waals surface area contributed by atoms with Gasteiger partial charge < -0.3 is 18.3 Å². The molecule has 0 spiro atoms. The number of benzene rings is 1. The minimum absolute atomic E-state index is 0.175. The third-order valence-corrected chi connectivity index (χ3v) is 3.73. The summed E-state index contributed by atoms with van der Waals surface area (Å²) < 4.78 is 21.5. The average molecular weight is 362 g/mol. The molecule has 0 fully saturated rings. The lowest BCUT2D eigenvalue weighted by molar-refractivity contribution is 0.0526. The number of rotatable bonds is 6. The van der Waals surface area contributed by atoms with Crippen LogP contribution in [-0.4, -0.2) is 17.6 Å². The normalized spacial score (nSPS) is 10.7. The topological polar surface area (TPSA) is 74.7 Å². The zero-order valence-corrected chi connectivity index (χ0v) is 14.5. The van der Waals surface area contributed by atoms with E-state index in [4.69, 9.17) is 29.9 Å². The van der Waals surface area contributed by atoms with Gasteiger partial charge >= 0.3 is 5.97 Å². The monoisotopic (exact) mass is 361 g/mol. The van der Waals surface area contributed by atoms with Gasteiger partial charge in [0.05, 0.1) is 23.5 Å². The van der Waals surface area contributed by atoms with Gasteiger partial charge in [0, 0.05) is 0 Å². The van der Waals surface area contributed by atoms with Crippen molar-refractivity contribution in [3.8, 4) is 17.4 Å². The lowest BCUT2D eigenvalue weighted by Crippen LogP contribution is -2.05. The van der Waals surface area contributed by atoms with E-state index in [1.54, 1.807) is 44.4 Å². The maximum Gasteiger partial charge on any atom is 0.338 e. The third kappa shape index (κ3) is 3.85. The highest BCUT2D eigenvalue weighted by Crippen LogP contribution is 2.28.